The van der Waals surface area contributed by atoms with E-state index in [1.165, 1.54) is 25.7 Å². The second-order valence-corrected chi connectivity index (χ2v) is 9.40. The van der Waals surface area contributed by atoms with E-state index in [9.17, 15) is 0 Å². The molecule has 0 spiro atoms. The van der Waals surface area contributed by atoms with Crippen LogP contribution in [0.25, 0.3) is 0 Å². The first kappa shape index (κ1) is 39.7. The summed E-state index contributed by atoms with van der Waals surface area (Å²) in [7, 11) is 0. The number of allylic oxidation sites excluding steroid dienone is 6. The first-order valence-corrected chi connectivity index (χ1v) is 15.8. The Labute approximate surface area is 248 Å². The van der Waals surface area contributed by atoms with Crippen LogP contribution < -0.4 is 0 Å². The van der Waals surface area contributed by atoms with E-state index in [0.717, 1.165) is 77.4 Å². The molecule has 0 saturated carbocycles. The number of rotatable bonds is 23. The van der Waals surface area contributed by atoms with Gasteiger partial charge in [0.05, 0.1) is 19.3 Å². The Morgan fingerprint density at radius 3 is 1.62 bits per heavy atom. The van der Waals surface area contributed by atoms with E-state index in [0.29, 0.717) is 19.2 Å². The number of ether oxygens (including phenoxy) is 4. The molecule has 0 rings (SSSR count). The third kappa shape index (κ3) is 33.6. The molecule has 40 heavy (non-hydrogen) atoms. The molecule has 4 heteroatoms. The SMILES string of the molecule is C=CC#C/C=C\CCC(OCCCCC)OCCCCC.CCC/C=C\C#CC=C(OCCCC)OCCCC. The smallest absolute Gasteiger partial charge is 0.287 e. The third-order valence-electron chi connectivity index (χ3n) is 5.47. The van der Waals surface area contributed by atoms with Crippen LogP contribution in [0.1, 0.15) is 125 Å². The van der Waals surface area contributed by atoms with Crippen LogP contribution in [0.5, 0.6) is 0 Å². The van der Waals surface area contributed by atoms with Gasteiger partial charge in [0.25, 0.3) is 5.95 Å². The van der Waals surface area contributed by atoms with E-state index < -0.39 is 0 Å². The van der Waals surface area contributed by atoms with Gasteiger partial charge in [0.1, 0.15) is 0 Å². The summed E-state index contributed by atoms with van der Waals surface area (Å²) in [5, 5.41) is 0. The zero-order valence-electron chi connectivity index (χ0n) is 26.6. The largest absolute Gasteiger partial charge is 0.465 e. The molecule has 0 bridgehead atoms. The zero-order chi connectivity index (χ0) is 29.8. The summed E-state index contributed by atoms with van der Waals surface area (Å²) in [5.74, 6) is 12.2. The van der Waals surface area contributed by atoms with Crippen molar-refractivity contribution in [3.63, 3.8) is 0 Å². The Morgan fingerprint density at radius 2 is 1.12 bits per heavy atom. The predicted molar refractivity (Wildman–Crippen MR) is 173 cm³/mol. The number of hydrogen-bond donors (Lipinski definition) is 0. The molecular formula is C36H60O4. The number of unbranched alkanes of at least 4 members (excludes halogenated alkanes) is 7. The molecule has 0 aromatic rings. The van der Waals surface area contributed by atoms with E-state index in [1.807, 2.05) is 12.2 Å². The molecule has 0 aliphatic rings. The third-order valence-corrected chi connectivity index (χ3v) is 5.47. The Morgan fingerprint density at radius 1 is 0.600 bits per heavy atom. The summed E-state index contributed by atoms with van der Waals surface area (Å²) in [4.78, 5) is 0. The molecule has 0 N–H and O–H groups in total. The average Bonchev–Trinajstić information content (AvgIpc) is 2.96. The average molecular weight is 557 g/mol. The van der Waals surface area contributed by atoms with Gasteiger partial charge in [-0.05, 0) is 56.8 Å². The standard InChI is InChI=1S/C19H32O2.C17H28O2/c1-4-7-10-11-12-13-16-19(20-17-14-8-5-2)21-18-15-9-6-3;1-4-7-10-11-12-13-14-17(18-15-8-5-2)19-16-9-6-3/h4,11-12,19H,1,5-6,8-9,13-18H2,2-3H3;10-11,14H,4-9,15-16H2,1-3H3/b12-11-;11-10-. The van der Waals surface area contributed by atoms with Crippen LogP contribution in [0.3, 0.4) is 0 Å². The van der Waals surface area contributed by atoms with E-state index in [-0.39, 0.29) is 6.29 Å². The lowest BCUT2D eigenvalue weighted by Crippen LogP contribution is -2.18. The molecule has 0 radical (unpaired) electrons. The Kier molecular flexibility index (Phi) is 36.4. The molecule has 0 heterocycles. The van der Waals surface area contributed by atoms with Gasteiger partial charge in [-0.1, -0.05) is 122 Å². The van der Waals surface area contributed by atoms with E-state index in [4.69, 9.17) is 18.9 Å². The summed E-state index contributed by atoms with van der Waals surface area (Å²) < 4.78 is 22.8. The monoisotopic (exact) mass is 556 g/mol. The zero-order valence-corrected chi connectivity index (χ0v) is 26.6. The van der Waals surface area contributed by atoms with Crippen LogP contribution in [0, 0.1) is 23.7 Å². The fourth-order valence-electron chi connectivity index (χ4n) is 3.05. The highest BCUT2D eigenvalue weighted by Crippen LogP contribution is 2.09. The normalized spacial score (nSPS) is 10.3. The molecule has 0 amide bonds. The first-order valence-electron chi connectivity index (χ1n) is 15.8. The van der Waals surface area contributed by atoms with E-state index >= 15 is 0 Å². The lowest BCUT2D eigenvalue weighted by atomic mass is 10.2. The maximum atomic E-state index is 5.84. The predicted octanol–water partition coefficient (Wildman–Crippen LogP) is 10.1. The Bertz CT molecular complexity index is 718. The summed E-state index contributed by atoms with van der Waals surface area (Å²) >= 11 is 0. The molecule has 0 unspecified atom stereocenters. The van der Waals surface area contributed by atoms with Gasteiger partial charge < -0.3 is 18.9 Å². The summed E-state index contributed by atoms with van der Waals surface area (Å²) in [6, 6.07) is 0. The Balaban J connectivity index is 0. The fraction of sp³-hybridized carbons (Fsp3) is 0.667. The number of hydrogen-bond acceptors (Lipinski definition) is 4. The van der Waals surface area contributed by atoms with Crippen LogP contribution >= 0.6 is 0 Å². The minimum absolute atomic E-state index is 0.0734. The molecule has 0 aliphatic heterocycles. The van der Waals surface area contributed by atoms with Crippen LogP contribution in [-0.4, -0.2) is 32.7 Å². The molecule has 0 aromatic carbocycles. The van der Waals surface area contributed by atoms with Crippen LogP contribution in [0.4, 0.5) is 0 Å². The van der Waals surface area contributed by atoms with Gasteiger partial charge in [-0.3, -0.25) is 0 Å². The molecule has 228 valence electrons. The summed E-state index contributed by atoms with van der Waals surface area (Å²) in [6.45, 7) is 17.4. The Hall–Kier alpha value is -2.40. The van der Waals surface area contributed by atoms with Crippen LogP contribution in [0.2, 0.25) is 0 Å². The van der Waals surface area contributed by atoms with Crippen molar-refractivity contribution in [1.82, 2.24) is 0 Å². The minimum atomic E-state index is -0.0734. The second-order valence-electron chi connectivity index (χ2n) is 9.40. The second kappa shape index (κ2) is 36.6. The van der Waals surface area contributed by atoms with Crippen molar-refractivity contribution in [2.24, 2.45) is 0 Å². The maximum absolute atomic E-state index is 5.84. The van der Waals surface area contributed by atoms with Crippen molar-refractivity contribution in [1.29, 1.82) is 0 Å². The molecule has 4 nitrogen and oxygen atoms in total. The quantitative estimate of drug-likeness (QED) is 0.0543. The van der Waals surface area contributed by atoms with Gasteiger partial charge in [-0.2, -0.15) is 0 Å². The highest BCUT2D eigenvalue weighted by Gasteiger charge is 2.08. The fourth-order valence-corrected chi connectivity index (χ4v) is 3.05. The van der Waals surface area contributed by atoms with Crippen molar-refractivity contribution >= 4 is 0 Å². The van der Waals surface area contributed by atoms with Gasteiger partial charge in [0, 0.05) is 19.6 Å². The minimum Gasteiger partial charge on any atom is -0.465 e. The molecule has 0 fully saturated rings. The lowest BCUT2D eigenvalue weighted by Gasteiger charge is -2.18. The van der Waals surface area contributed by atoms with Crippen LogP contribution in [-0.2, 0) is 18.9 Å². The maximum Gasteiger partial charge on any atom is 0.287 e. The van der Waals surface area contributed by atoms with Gasteiger partial charge in [-0.25, -0.2) is 0 Å². The summed E-state index contributed by atoms with van der Waals surface area (Å²) in [6.07, 6.45) is 26.6. The van der Waals surface area contributed by atoms with Crippen molar-refractivity contribution < 1.29 is 18.9 Å². The molecule has 0 aromatic heterocycles. The van der Waals surface area contributed by atoms with Gasteiger partial charge in [0.15, 0.2) is 6.29 Å². The van der Waals surface area contributed by atoms with Crippen molar-refractivity contribution in [2.45, 2.75) is 131 Å². The highest BCUT2D eigenvalue weighted by molar-refractivity contribution is 5.24. The molecular weight excluding hydrogens is 496 g/mol. The van der Waals surface area contributed by atoms with Gasteiger partial charge in [-0.15, -0.1) is 0 Å². The van der Waals surface area contributed by atoms with E-state index in [1.54, 1.807) is 12.2 Å². The van der Waals surface area contributed by atoms with Gasteiger partial charge in [0.2, 0.25) is 0 Å². The highest BCUT2D eigenvalue weighted by atomic mass is 16.7. The molecule has 0 aliphatic carbocycles. The molecule has 0 saturated heterocycles. The van der Waals surface area contributed by atoms with Crippen molar-refractivity contribution in [2.75, 3.05) is 26.4 Å². The topological polar surface area (TPSA) is 36.9 Å². The lowest BCUT2D eigenvalue weighted by molar-refractivity contribution is -0.146. The van der Waals surface area contributed by atoms with Gasteiger partial charge >= 0.3 is 0 Å². The van der Waals surface area contributed by atoms with E-state index in [2.05, 4.69) is 77.0 Å². The van der Waals surface area contributed by atoms with Crippen LogP contribution in [0.15, 0.2) is 49.0 Å². The first-order chi connectivity index (χ1) is 19.7. The molecule has 0 atom stereocenters. The summed E-state index contributed by atoms with van der Waals surface area (Å²) in [5.41, 5.74) is 0. The van der Waals surface area contributed by atoms with Crippen molar-refractivity contribution in [3.05, 3.63) is 49.0 Å². The van der Waals surface area contributed by atoms with Crippen molar-refractivity contribution in [3.8, 4) is 23.7 Å².